The van der Waals surface area contributed by atoms with Crippen molar-refractivity contribution in [2.75, 3.05) is 5.75 Å². The standard InChI is InChI=1S/C27H20ClNO3S/c28-20-9-7-18-8-11-21(29-24(18)14-20)10-5-17-6-12-25-23(13-17)27(33-16-26(30)31)22-4-2-1-3-19(22)15-32-25/h1-14,27H,15-16H2,(H,30,31)/b10-5+. The van der Waals surface area contributed by atoms with Crippen molar-refractivity contribution in [1.29, 1.82) is 0 Å². The van der Waals surface area contributed by atoms with E-state index in [1.807, 2.05) is 72.8 Å². The maximum Gasteiger partial charge on any atom is 0.313 e. The van der Waals surface area contributed by atoms with Gasteiger partial charge in [-0.25, -0.2) is 4.98 Å². The minimum absolute atomic E-state index is 0.0159. The fourth-order valence-corrected chi connectivity index (χ4v) is 5.21. The molecule has 0 spiro atoms. The van der Waals surface area contributed by atoms with Crippen LogP contribution in [-0.2, 0) is 11.4 Å². The number of carboxylic acid groups (broad SMARTS) is 1. The van der Waals surface area contributed by atoms with Crippen LogP contribution in [0.4, 0.5) is 0 Å². The molecule has 0 saturated heterocycles. The van der Waals surface area contributed by atoms with E-state index in [-0.39, 0.29) is 11.0 Å². The molecule has 1 aliphatic heterocycles. The predicted octanol–water partition coefficient (Wildman–Crippen LogP) is 6.86. The number of nitrogens with zero attached hydrogens (tertiary/aromatic N) is 1. The summed E-state index contributed by atoms with van der Waals surface area (Å²) in [6.07, 6.45) is 3.97. The lowest BCUT2D eigenvalue weighted by Crippen LogP contribution is -2.05. The van der Waals surface area contributed by atoms with Gasteiger partial charge in [-0.3, -0.25) is 4.79 Å². The van der Waals surface area contributed by atoms with Gasteiger partial charge in [0.25, 0.3) is 0 Å². The highest BCUT2D eigenvalue weighted by Gasteiger charge is 2.25. The summed E-state index contributed by atoms with van der Waals surface area (Å²) in [6.45, 7) is 0.464. The van der Waals surface area contributed by atoms with Crippen molar-refractivity contribution < 1.29 is 14.6 Å². The minimum atomic E-state index is -0.831. The quantitative estimate of drug-likeness (QED) is 0.343. The number of aliphatic carboxylic acids is 1. The number of thioether (sulfide) groups is 1. The Hall–Kier alpha value is -3.28. The van der Waals surface area contributed by atoms with Gasteiger partial charge >= 0.3 is 5.97 Å². The van der Waals surface area contributed by atoms with Crippen LogP contribution in [0.15, 0.2) is 72.8 Å². The van der Waals surface area contributed by atoms with Gasteiger partial charge in [-0.05, 0) is 53.1 Å². The molecule has 0 saturated carbocycles. The number of fused-ring (bicyclic) bond motifs is 3. The molecule has 0 fully saturated rings. The van der Waals surface area contributed by atoms with Crippen molar-refractivity contribution in [1.82, 2.24) is 4.98 Å². The van der Waals surface area contributed by atoms with Gasteiger partial charge in [0.1, 0.15) is 12.4 Å². The zero-order valence-corrected chi connectivity index (χ0v) is 19.1. The van der Waals surface area contributed by atoms with E-state index in [2.05, 4.69) is 17.1 Å². The van der Waals surface area contributed by atoms with E-state index in [0.717, 1.165) is 44.6 Å². The van der Waals surface area contributed by atoms with Gasteiger partial charge in [-0.2, -0.15) is 0 Å². The first-order valence-corrected chi connectivity index (χ1v) is 11.9. The average Bonchev–Trinajstić information content (AvgIpc) is 2.97. The SMILES string of the molecule is O=C(O)CSC1c2ccccc2COc2ccc(/C=C/c3ccc4ccc(Cl)cc4n3)cc21. The molecule has 4 nitrogen and oxygen atoms in total. The van der Waals surface area contributed by atoms with E-state index in [4.69, 9.17) is 16.3 Å². The van der Waals surface area contributed by atoms with Crippen LogP contribution in [0.2, 0.25) is 5.02 Å². The second-order valence-electron chi connectivity index (χ2n) is 7.78. The Bertz CT molecular complexity index is 1390. The second-order valence-corrected chi connectivity index (χ2v) is 9.31. The number of aromatic nitrogens is 1. The van der Waals surface area contributed by atoms with Crippen LogP contribution in [0.5, 0.6) is 5.75 Å². The number of hydrogen-bond acceptors (Lipinski definition) is 4. The fraction of sp³-hybridized carbons (Fsp3) is 0.111. The first-order valence-electron chi connectivity index (χ1n) is 10.5. The molecular weight excluding hydrogens is 454 g/mol. The maximum atomic E-state index is 11.3. The third kappa shape index (κ3) is 4.75. The van der Waals surface area contributed by atoms with E-state index in [0.29, 0.717) is 11.6 Å². The summed E-state index contributed by atoms with van der Waals surface area (Å²) < 4.78 is 6.08. The molecule has 164 valence electrons. The van der Waals surface area contributed by atoms with E-state index >= 15 is 0 Å². The number of carbonyl (C=O) groups is 1. The summed E-state index contributed by atoms with van der Waals surface area (Å²) in [6, 6.07) is 23.8. The van der Waals surface area contributed by atoms with Crippen LogP contribution in [0.25, 0.3) is 23.1 Å². The molecule has 0 radical (unpaired) electrons. The topological polar surface area (TPSA) is 59.4 Å². The molecular formula is C27H20ClNO3S. The molecule has 5 rings (SSSR count). The van der Waals surface area contributed by atoms with Crippen LogP contribution < -0.4 is 4.74 Å². The highest BCUT2D eigenvalue weighted by atomic mass is 35.5. The Morgan fingerprint density at radius 3 is 2.79 bits per heavy atom. The van der Waals surface area contributed by atoms with Crippen molar-refractivity contribution in [3.8, 4) is 5.75 Å². The Kier molecular flexibility index (Phi) is 6.07. The molecule has 1 atom stereocenters. The average molecular weight is 474 g/mol. The van der Waals surface area contributed by atoms with E-state index in [1.165, 1.54) is 11.8 Å². The lowest BCUT2D eigenvalue weighted by atomic mass is 9.98. The summed E-state index contributed by atoms with van der Waals surface area (Å²) >= 11 is 7.51. The fourth-order valence-electron chi connectivity index (χ4n) is 3.97. The van der Waals surface area contributed by atoms with Crippen molar-refractivity contribution in [3.63, 3.8) is 0 Å². The van der Waals surface area contributed by atoms with Gasteiger partial charge < -0.3 is 9.84 Å². The number of rotatable bonds is 5. The van der Waals surface area contributed by atoms with Crippen molar-refractivity contribution in [3.05, 3.63) is 106 Å². The third-order valence-electron chi connectivity index (χ3n) is 5.53. The molecule has 3 aromatic carbocycles. The molecule has 0 bridgehead atoms. The van der Waals surface area contributed by atoms with Crippen LogP contribution in [0, 0.1) is 0 Å². The summed E-state index contributed by atoms with van der Waals surface area (Å²) in [7, 11) is 0. The lowest BCUT2D eigenvalue weighted by molar-refractivity contribution is -0.133. The van der Waals surface area contributed by atoms with Crippen molar-refractivity contribution >= 4 is 52.4 Å². The van der Waals surface area contributed by atoms with Gasteiger partial charge in [0.05, 0.1) is 22.2 Å². The summed E-state index contributed by atoms with van der Waals surface area (Å²) in [4.78, 5) is 16.0. The number of hydrogen-bond donors (Lipinski definition) is 1. The largest absolute Gasteiger partial charge is 0.489 e. The Morgan fingerprint density at radius 2 is 1.91 bits per heavy atom. The number of halogens is 1. The Morgan fingerprint density at radius 1 is 1.06 bits per heavy atom. The normalized spacial score (nSPS) is 15.0. The molecule has 1 aliphatic rings. The summed E-state index contributed by atoms with van der Waals surface area (Å²) in [5.74, 6) is -0.0327. The predicted molar refractivity (Wildman–Crippen MR) is 135 cm³/mol. The number of benzene rings is 3. The third-order valence-corrected chi connectivity index (χ3v) is 7.02. The van der Waals surface area contributed by atoms with E-state index in [9.17, 15) is 9.90 Å². The molecule has 1 N–H and O–H groups in total. The molecule has 1 aromatic heterocycles. The van der Waals surface area contributed by atoms with Crippen LogP contribution in [-0.4, -0.2) is 21.8 Å². The highest BCUT2D eigenvalue weighted by Crippen LogP contribution is 2.44. The zero-order valence-electron chi connectivity index (χ0n) is 17.6. The van der Waals surface area contributed by atoms with Crippen molar-refractivity contribution in [2.45, 2.75) is 11.9 Å². The summed E-state index contributed by atoms with van der Waals surface area (Å²) in [5, 5.41) is 10.9. The lowest BCUT2D eigenvalue weighted by Gasteiger charge is -2.18. The van der Waals surface area contributed by atoms with Gasteiger partial charge in [0, 0.05) is 16.0 Å². The van der Waals surface area contributed by atoms with Gasteiger partial charge in [-0.1, -0.05) is 60.1 Å². The smallest absolute Gasteiger partial charge is 0.313 e. The number of pyridine rings is 1. The Balaban J connectivity index is 1.50. The first kappa shape index (κ1) is 21.6. The molecule has 0 aliphatic carbocycles. The highest BCUT2D eigenvalue weighted by molar-refractivity contribution is 8.00. The van der Waals surface area contributed by atoms with E-state index < -0.39 is 5.97 Å². The minimum Gasteiger partial charge on any atom is -0.489 e. The van der Waals surface area contributed by atoms with Crippen LogP contribution in [0.1, 0.15) is 33.2 Å². The van der Waals surface area contributed by atoms with E-state index in [1.54, 1.807) is 0 Å². The van der Waals surface area contributed by atoms with Gasteiger partial charge in [0.15, 0.2) is 0 Å². The molecule has 2 heterocycles. The van der Waals surface area contributed by atoms with Gasteiger partial charge in [0.2, 0.25) is 0 Å². The first-order chi connectivity index (χ1) is 16.1. The molecule has 33 heavy (non-hydrogen) atoms. The van der Waals surface area contributed by atoms with Crippen LogP contribution in [0.3, 0.4) is 0 Å². The second kappa shape index (κ2) is 9.30. The number of ether oxygens (including phenoxy) is 1. The maximum absolute atomic E-state index is 11.3. The Labute approximate surface area is 200 Å². The van der Waals surface area contributed by atoms with Crippen LogP contribution >= 0.6 is 23.4 Å². The molecule has 4 aromatic rings. The molecule has 1 unspecified atom stereocenters. The molecule has 0 amide bonds. The van der Waals surface area contributed by atoms with Crippen molar-refractivity contribution in [2.24, 2.45) is 0 Å². The molecule has 6 heteroatoms. The zero-order chi connectivity index (χ0) is 22.8. The monoisotopic (exact) mass is 473 g/mol. The van der Waals surface area contributed by atoms with Gasteiger partial charge in [-0.15, -0.1) is 11.8 Å². The number of carboxylic acids is 1. The summed E-state index contributed by atoms with van der Waals surface area (Å²) in [5.41, 5.74) is 5.82.